The predicted octanol–water partition coefficient (Wildman–Crippen LogP) is 3.33. The Morgan fingerprint density at radius 2 is 2.07 bits per heavy atom. The first-order valence-corrected chi connectivity index (χ1v) is 11.1. The van der Waals surface area contributed by atoms with Gasteiger partial charge in [0.1, 0.15) is 12.4 Å². The Labute approximate surface area is 195 Å². The summed E-state index contributed by atoms with van der Waals surface area (Å²) in [7, 11) is 1.98. The molecule has 0 aromatic carbocycles. The van der Waals surface area contributed by atoms with Crippen LogP contribution < -0.4 is 10.6 Å². The highest BCUT2D eigenvalue weighted by Gasteiger charge is 2.25. The second kappa shape index (κ2) is 11.8. The Balaban J connectivity index is 0.00000300. The number of hydrogen-bond acceptors (Lipinski definition) is 5. The summed E-state index contributed by atoms with van der Waals surface area (Å²) in [6.45, 7) is 10.9. The number of likely N-dealkylation sites (tertiary alicyclic amines) is 1. The highest BCUT2D eigenvalue weighted by Crippen LogP contribution is 2.29. The first-order chi connectivity index (χ1) is 13.6. The zero-order valence-electron chi connectivity index (χ0n) is 17.9. The molecule has 2 aromatic heterocycles. The van der Waals surface area contributed by atoms with Gasteiger partial charge < -0.3 is 15.2 Å². The molecule has 0 amide bonds. The Morgan fingerprint density at radius 3 is 2.66 bits per heavy atom. The Morgan fingerprint density at radius 1 is 1.31 bits per heavy atom. The molecule has 0 aliphatic carbocycles. The van der Waals surface area contributed by atoms with Crippen LogP contribution in [0.2, 0.25) is 0 Å². The van der Waals surface area contributed by atoms with Crippen molar-refractivity contribution < 1.29 is 0 Å². The van der Waals surface area contributed by atoms with Gasteiger partial charge in [0.15, 0.2) is 11.8 Å². The van der Waals surface area contributed by atoms with Gasteiger partial charge in [-0.05, 0) is 57.1 Å². The number of halogens is 1. The molecule has 162 valence electrons. The van der Waals surface area contributed by atoms with E-state index in [1.165, 1.54) is 17.7 Å². The topological polar surface area (TPSA) is 70.4 Å². The Hall–Kier alpha value is -1.20. The number of rotatable bonds is 7. The first kappa shape index (κ1) is 24.1. The predicted molar refractivity (Wildman–Crippen MR) is 131 cm³/mol. The lowest BCUT2D eigenvalue weighted by Gasteiger charge is -2.36. The van der Waals surface area contributed by atoms with Crippen molar-refractivity contribution in [3.63, 3.8) is 0 Å². The third kappa shape index (κ3) is 6.65. The summed E-state index contributed by atoms with van der Waals surface area (Å²) in [5.41, 5.74) is 0. The van der Waals surface area contributed by atoms with Crippen LogP contribution in [0.4, 0.5) is 0 Å². The smallest absolute Gasteiger partial charge is 0.191 e. The molecule has 1 atom stereocenters. The van der Waals surface area contributed by atoms with Gasteiger partial charge in [-0.2, -0.15) is 0 Å². The minimum atomic E-state index is 0. The average molecular weight is 532 g/mol. The van der Waals surface area contributed by atoms with Gasteiger partial charge in [0.05, 0.1) is 6.04 Å². The number of thiophene rings is 1. The van der Waals surface area contributed by atoms with E-state index in [1.54, 1.807) is 0 Å². The number of aromatic nitrogens is 3. The number of hydrogen-bond donors (Lipinski definition) is 2. The van der Waals surface area contributed by atoms with E-state index < -0.39 is 0 Å². The van der Waals surface area contributed by atoms with Gasteiger partial charge in [-0.3, -0.25) is 4.90 Å². The molecule has 3 heterocycles. The summed E-state index contributed by atoms with van der Waals surface area (Å²) >= 11 is 1.84. The van der Waals surface area contributed by atoms with Crippen LogP contribution in [0, 0.1) is 12.8 Å². The van der Waals surface area contributed by atoms with Gasteiger partial charge in [0, 0.05) is 25.0 Å². The van der Waals surface area contributed by atoms with Crippen LogP contribution >= 0.6 is 35.3 Å². The van der Waals surface area contributed by atoms with E-state index in [0.717, 1.165) is 49.7 Å². The molecule has 0 saturated carbocycles. The van der Waals surface area contributed by atoms with Crippen molar-refractivity contribution in [2.45, 2.75) is 46.2 Å². The van der Waals surface area contributed by atoms with E-state index in [9.17, 15) is 0 Å². The molecule has 0 spiro atoms. The van der Waals surface area contributed by atoms with Gasteiger partial charge in [-0.25, -0.2) is 4.99 Å². The molecular formula is C20H34IN7S. The van der Waals surface area contributed by atoms with Crippen molar-refractivity contribution >= 4 is 41.3 Å². The summed E-state index contributed by atoms with van der Waals surface area (Å²) in [5, 5.41) is 17.4. The maximum Gasteiger partial charge on any atom is 0.191 e. The molecule has 1 saturated heterocycles. The van der Waals surface area contributed by atoms with E-state index in [0.29, 0.717) is 12.6 Å². The second-order valence-electron chi connectivity index (χ2n) is 7.55. The molecular weight excluding hydrogens is 497 g/mol. The fraction of sp³-hybridized carbons (Fsp3) is 0.650. The van der Waals surface area contributed by atoms with E-state index in [-0.39, 0.29) is 24.0 Å². The lowest BCUT2D eigenvalue weighted by atomic mass is 9.97. The third-order valence-electron chi connectivity index (χ3n) is 5.50. The SMILES string of the molecule is CCNC(=NCc1nnc(C)n1C)NCC(c1cccs1)N1CCC(C)CC1.I. The van der Waals surface area contributed by atoms with Gasteiger partial charge in [-0.1, -0.05) is 13.0 Å². The molecule has 0 radical (unpaired) electrons. The van der Waals surface area contributed by atoms with Crippen LogP contribution in [0.15, 0.2) is 22.5 Å². The monoisotopic (exact) mass is 531 g/mol. The Bertz CT molecular complexity index is 751. The molecule has 1 aliphatic heterocycles. The zero-order valence-corrected chi connectivity index (χ0v) is 21.0. The quantitative estimate of drug-likeness (QED) is 0.326. The van der Waals surface area contributed by atoms with Gasteiger partial charge >= 0.3 is 0 Å². The molecule has 9 heteroatoms. The normalized spacial score (nSPS) is 17.0. The lowest BCUT2D eigenvalue weighted by Crippen LogP contribution is -2.45. The van der Waals surface area contributed by atoms with Crippen molar-refractivity contribution in [3.05, 3.63) is 34.0 Å². The highest BCUT2D eigenvalue weighted by molar-refractivity contribution is 14.0. The standard InChI is InChI=1S/C20H33N7S.HI/c1-5-21-20(23-14-19-25-24-16(3)26(19)4)22-13-17(18-7-6-12-28-18)27-10-8-15(2)9-11-27;/h6-7,12,15,17H,5,8-11,13-14H2,1-4H3,(H2,21,22,23);1H. The molecule has 2 N–H and O–H groups in total. The molecule has 2 aromatic rings. The summed E-state index contributed by atoms with van der Waals surface area (Å²) in [6, 6.07) is 4.78. The Kier molecular flexibility index (Phi) is 9.84. The van der Waals surface area contributed by atoms with Crippen LogP contribution in [0.1, 0.15) is 49.3 Å². The van der Waals surface area contributed by atoms with Gasteiger partial charge in [0.25, 0.3) is 0 Å². The van der Waals surface area contributed by atoms with Crippen LogP contribution in [-0.2, 0) is 13.6 Å². The number of piperidine rings is 1. The third-order valence-corrected chi connectivity index (χ3v) is 6.47. The lowest BCUT2D eigenvalue weighted by molar-refractivity contribution is 0.140. The number of aliphatic imine (C=N–C) groups is 1. The van der Waals surface area contributed by atoms with E-state index in [2.05, 4.69) is 57.1 Å². The van der Waals surface area contributed by atoms with Crippen molar-refractivity contribution in [2.75, 3.05) is 26.2 Å². The molecule has 3 rings (SSSR count). The highest BCUT2D eigenvalue weighted by atomic mass is 127. The first-order valence-electron chi connectivity index (χ1n) is 10.2. The molecule has 1 unspecified atom stereocenters. The maximum atomic E-state index is 4.72. The van der Waals surface area contributed by atoms with Gasteiger partial charge in [0.2, 0.25) is 0 Å². The number of nitrogens with one attached hydrogen (secondary N) is 2. The maximum absolute atomic E-state index is 4.72. The fourth-order valence-corrected chi connectivity index (χ4v) is 4.37. The van der Waals surface area contributed by atoms with Crippen molar-refractivity contribution in [1.29, 1.82) is 0 Å². The number of nitrogens with zero attached hydrogens (tertiary/aromatic N) is 5. The summed E-state index contributed by atoms with van der Waals surface area (Å²) < 4.78 is 1.98. The zero-order chi connectivity index (χ0) is 19.9. The summed E-state index contributed by atoms with van der Waals surface area (Å²) in [5.74, 6) is 3.44. The van der Waals surface area contributed by atoms with E-state index in [1.807, 2.05) is 29.9 Å². The van der Waals surface area contributed by atoms with Crippen LogP contribution in [0.25, 0.3) is 0 Å². The molecule has 1 aliphatic rings. The largest absolute Gasteiger partial charge is 0.357 e. The fourth-order valence-electron chi connectivity index (χ4n) is 3.50. The van der Waals surface area contributed by atoms with Crippen LogP contribution in [0.3, 0.4) is 0 Å². The van der Waals surface area contributed by atoms with Crippen molar-refractivity contribution in [2.24, 2.45) is 18.0 Å². The molecule has 7 nitrogen and oxygen atoms in total. The van der Waals surface area contributed by atoms with Crippen LogP contribution in [0.5, 0.6) is 0 Å². The van der Waals surface area contributed by atoms with Gasteiger partial charge in [-0.15, -0.1) is 45.5 Å². The van der Waals surface area contributed by atoms with Crippen LogP contribution in [-0.4, -0.2) is 51.8 Å². The van der Waals surface area contributed by atoms with Crippen molar-refractivity contribution in [1.82, 2.24) is 30.3 Å². The molecule has 29 heavy (non-hydrogen) atoms. The van der Waals surface area contributed by atoms with Crippen molar-refractivity contribution in [3.8, 4) is 0 Å². The second-order valence-corrected chi connectivity index (χ2v) is 8.53. The molecule has 1 fully saturated rings. The number of aryl methyl sites for hydroxylation is 1. The number of guanidine groups is 1. The minimum Gasteiger partial charge on any atom is -0.357 e. The summed E-state index contributed by atoms with van der Waals surface area (Å²) in [6.07, 6.45) is 2.56. The molecule has 0 bridgehead atoms. The summed E-state index contributed by atoms with van der Waals surface area (Å²) in [4.78, 5) is 8.76. The minimum absolute atomic E-state index is 0. The van der Waals surface area contributed by atoms with E-state index >= 15 is 0 Å². The average Bonchev–Trinajstić information content (AvgIpc) is 3.33. The van der Waals surface area contributed by atoms with E-state index in [4.69, 9.17) is 4.99 Å².